The summed E-state index contributed by atoms with van der Waals surface area (Å²) in [5, 5.41) is 1.67. The maximum absolute atomic E-state index is 13.0. The van der Waals surface area contributed by atoms with E-state index >= 15 is 0 Å². The molecule has 7 heteroatoms. The van der Waals surface area contributed by atoms with E-state index < -0.39 is 0 Å². The van der Waals surface area contributed by atoms with Gasteiger partial charge in [-0.1, -0.05) is 18.2 Å². The minimum absolute atomic E-state index is 0.0257. The molecular weight excluding hydrogens is 386 g/mol. The highest BCUT2D eigenvalue weighted by molar-refractivity contribution is 7.80. The Bertz CT molecular complexity index is 1160. The minimum Gasteiger partial charge on any atom is -0.497 e. The van der Waals surface area contributed by atoms with Crippen molar-refractivity contribution in [1.29, 1.82) is 0 Å². The Labute approximate surface area is 174 Å². The van der Waals surface area contributed by atoms with Gasteiger partial charge in [0.05, 0.1) is 14.2 Å². The second-order valence-corrected chi connectivity index (χ2v) is 7.75. The number of carbonyl (C=O) groups is 1. The lowest BCUT2D eigenvalue weighted by atomic mass is 9.88. The summed E-state index contributed by atoms with van der Waals surface area (Å²) < 4.78 is 11.2. The average molecular weight is 407 g/mol. The zero-order valence-electron chi connectivity index (χ0n) is 16.4. The van der Waals surface area contributed by atoms with E-state index in [1.807, 2.05) is 35.2 Å². The van der Waals surface area contributed by atoms with Gasteiger partial charge in [0.25, 0.3) is 5.91 Å². The first-order valence-corrected chi connectivity index (χ1v) is 9.87. The Balaban J connectivity index is 1.80. The molecule has 6 nitrogen and oxygen atoms in total. The zero-order chi connectivity index (χ0) is 20.3. The number of hydrogen-bond donors (Lipinski definition) is 1. The summed E-state index contributed by atoms with van der Waals surface area (Å²) in [5.74, 6) is 1.48. The fourth-order valence-corrected chi connectivity index (χ4v) is 4.91. The molecule has 3 heterocycles. The minimum atomic E-state index is -0.333. The lowest BCUT2D eigenvalue weighted by molar-refractivity contribution is -0.127. The van der Waals surface area contributed by atoms with Crippen LogP contribution in [0.1, 0.15) is 22.9 Å². The van der Waals surface area contributed by atoms with Crippen molar-refractivity contribution >= 4 is 34.1 Å². The van der Waals surface area contributed by atoms with Gasteiger partial charge < -0.3 is 19.4 Å². The molecule has 29 heavy (non-hydrogen) atoms. The van der Waals surface area contributed by atoms with Crippen LogP contribution < -0.4 is 9.47 Å². The summed E-state index contributed by atoms with van der Waals surface area (Å²) in [6.07, 6.45) is 0.617. The van der Waals surface area contributed by atoms with Crippen molar-refractivity contribution in [2.24, 2.45) is 0 Å². The molecule has 5 rings (SSSR count). The monoisotopic (exact) mass is 407 g/mol. The number of benzene rings is 2. The first-order valence-electron chi connectivity index (χ1n) is 9.46. The van der Waals surface area contributed by atoms with Gasteiger partial charge in [-0.3, -0.25) is 9.69 Å². The standard InChI is InChI=1S/C22H21N3O3S/c1-24-21(26)17-11-14-13-6-4-5-7-16(13)23-19(14)20(25(17)22(24)29)15-10-12(27-2)8-9-18(15)28-3/h4-10,17,20,23H,11H2,1-3H3. The first kappa shape index (κ1) is 18.0. The van der Waals surface area contributed by atoms with Crippen LogP contribution in [0.25, 0.3) is 10.9 Å². The number of methoxy groups -OCH3 is 2. The largest absolute Gasteiger partial charge is 0.497 e. The number of likely N-dealkylation sites (N-methyl/N-ethyl adjacent to an activating group) is 1. The SMILES string of the molecule is COc1ccc(OC)c(C2c3[nH]c4ccccc4c3CC3C(=O)N(C)C(=S)N32)c1. The van der Waals surface area contributed by atoms with E-state index in [0.29, 0.717) is 11.5 Å². The molecule has 1 N–H and O–H groups in total. The topological polar surface area (TPSA) is 57.8 Å². The smallest absolute Gasteiger partial charge is 0.251 e. The molecule has 0 spiro atoms. The summed E-state index contributed by atoms with van der Waals surface area (Å²) in [7, 11) is 5.04. The van der Waals surface area contributed by atoms with Crippen LogP contribution in [0, 0.1) is 0 Å². The number of carbonyl (C=O) groups excluding carboxylic acids is 1. The number of aromatic nitrogens is 1. The third kappa shape index (κ3) is 2.47. The molecule has 3 aromatic rings. The van der Waals surface area contributed by atoms with E-state index in [9.17, 15) is 4.79 Å². The van der Waals surface area contributed by atoms with Crippen LogP contribution in [0.3, 0.4) is 0 Å². The Hall–Kier alpha value is -3.06. The second kappa shape index (κ2) is 6.49. The van der Waals surface area contributed by atoms with Gasteiger partial charge in [-0.2, -0.15) is 0 Å². The van der Waals surface area contributed by atoms with Crippen molar-refractivity contribution in [2.75, 3.05) is 21.3 Å². The summed E-state index contributed by atoms with van der Waals surface area (Å²) in [6.45, 7) is 0. The molecule has 2 aliphatic rings. The van der Waals surface area contributed by atoms with E-state index in [1.165, 1.54) is 0 Å². The van der Waals surface area contributed by atoms with Gasteiger partial charge in [-0.15, -0.1) is 0 Å². The maximum Gasteiger partial charge on any atom is 0.251 e. The maximum atomic E-state index is 13.0. The summed E-state index contributed by atoms with van der Waals surface area (Å²) >= 11 is 5.69. The van der Waals surface area contributed by atoms with Crippen molar-refractivity contribution in [1.82, 2.24) is 14.8 Å². The Morgan fingerprint density at radius 2 is 1.93 bits per heavy atom. The number of rotatable bonds is 3. The van der Waals surface area contributed by atoms with Gasteiger partial charge in [0, 0.05) is 35.6 Å². The van der Waals surface area contributed by atoms with Gasteiger partial charge in [-0.05, 0) is 42.0 Å². The molecule has 0 saturated carbocycles. The normalized spacial score (nSPS) is 20.8. The molecule has 0 radical (unpaired) electrons. The number of thiocarbonyl (C=S) groups is 1. The van der Waals surface area contributed by atoms with E-state index in [4.69, 9.17) is 21.7 Å². The van der Waals surface area contributed by atoms with Gasteiger partial charge in [0.2, 0.25) is 0 Å². The highest BCUT2D eigenvalue weighted by Crippen LogP contribution is 2.46. The van der Waals surface area contributed by atoms with Crippen molar-refractivity contribution in [3.8, 4) is 11.5 Å². The highest BCUT2D eigenvalue weighted by Gasteiger charge is 2.49. The Morgan fingerprint density at radius 1 is 1.14 bits per heavy atom. The lowest BCUT2D eigenvalue weighted by Crippen LogP contribution is -2.44. The third-order valence-electron chi connectivity index (χ3n) is 5.99. The average Bonchev–Trinajstić information content (AvgIpc) is 3.23. The quantitative estimate of drug-likeness (QED) is 0.676. The van der Waals surface area contributed by atoms with Gasteiger partial charge in [0.1, 0.15) is 23.6 Å². The molecule has 1 aromatic heterocycles. The zero-order valence-corrected chi connectivity index (χ0v) is 17.2. The molecule has 0 bridgehead atoms. The van der Waals surface area contributed by atoms with E-state index in [2.05, 4.69) is 17.1 Å². The predicted octanol–water partition coefficient (Wildman–Crippen LogP) is 3.26. The molecule has 0 aliphatic carbocycles. The van der Waals surface area contributed by atoms with Crippen LogP contribution in [0.2, 0.25) is 0 Å². The van der Waals surface area contributed by atoms with Crippen molar-refractivity contribution < 1.29 is 14.3 Å². The van der Waals surface area contributed by atoms with Crippen molar-refractivity contribution in [3.05, 3.63) is 59.3 Å². The molecule has 2 aromatic carbocycles. The highest BCUT2D eigenvalue weighted by atomic mass is 32.1. The molecule has 1 fully saturated rings. The number of para-hydroxylation sites is 1. The van der Waals surface area contributed by atoms with Crippen molar-refractivity contribution in [2.45, 2.75) is 18.5 Å². The van der Waals surface area contributed by atoms with Crippen LogP contribution in [0.15, 0.2) is 42.5 Å². The summed E-state index contributed by atoms with van der Waals surface area (Å²) in [5.41, 5.74) is 4.16. The molecule has 1 amide bonds. The van der Waals surface area contributed by atoms with Crippen LogP contribution in [0.5, 0.6) is 11.5 Å². The lowest BCUT2D eigenvalue weighted by Gasteiger charge is -2.38. The number of amides is 1. The van der Waals surface area contributed by atoms with Crippen LogP contribution in [-0.2, 0) is 11.2 Å². The molecule has 2 atom stereocenters. The van der Waals surface area contributed by atoms with Gasteiger partial charge in [-0.25, -0.2) is 0 Å². The second-order valence-electron chi connectivity index (χ2n) is 7.38. The summed E-state index contributed by atoms with van der Waals surface area (Å²) in [6, 6.07) is 13.3. The molecular formula is C22H21N3O3S. The Kier molecular flexibility index (Phi) is 4.03. The Morgan fingerprint density at radius 3 is 2.69 bits per heavy atom. The van der Waals surface area contributed by atoms with Gasteiger partial charge in [0.15, 0.2) is 5.11 Å². The number of ether oxygens (including phenoxy) is 2. The first-order chi connectivity index (χ1) is 14.0. The third-order valence-corrected chi connectivity index (χ3v) is 6.47. The number of nitrogens with zero attached hydrogens (tertiary/aromatic N) is 2. The number of hydrogen-bond acceptors (Lipinski definition) is 4. The molecule has 148 valence electrons. The molecule has 2 unspecified atom stereocenters. The number of fused-ring (bicyclic) bond motifs is 4. The van der Waals surface area contributed by atoms with Crippen LogP contribution >= 0.6 is 12.2 Å². The number of nitrogens with one attached hydrogen (secondary N) is 1. The van der Waals surface area contributed by atoms with Crippen molar-refractivity contribution in [3.63, 3.8) is 0 Å². The van der Waals surface area contributed by atoms with Crippen LogP contribution in [0.4, 0.5) is 0 Å². The van der Waals surface area contributed by atoms with Gasteiger partial charge >= 0.3 is 0 Å². The van der Waals surface area contributed by atoms with E-state index in [-0.39, 0.29) is 18.0 Å². The fraction of sp³-hybridized carbons (Fsp3) is 0.273. The van der Waals surface area contributed by atoms with E-state index in [1.54, 1.807) is 26.2 Å². The summed E-state index contributed by atoms with van der Waals surface area (Å²) in [4.78, 5) is 20.2. The predicted molar refractivity (Wildman–Crippen MR) is 114 cm³/mol. The van der Waals surface area contributed by atoms with Crippen LogP contribution in [-0.4, -0.2) is 53.1 Å². The molecule has 1 saturated heterocycles. The van der Waals surface area contributed by atoms with E-state index in [0.717, 1.165) is 39.2 Å². The fourth-order valence-electron chi connectivity index (χ4n) is 4.58. The number of H-pyrrole nitrogens is 1. The number of aromatic amines is 1. The molecule has 2 aliphatic heterocycles.